The van der Waals surface area contributed by atoms with Crippen molar-refractivity contribution in [3.8, 4) is 11.1 Å². The molecule has 0 saturated heterocycles. The number of benzene rings is 2. The molecule has 0 aliphatic heterocycles. The SMILES string of the molecule is C[CH2][K].c1ccc(-c2ccccc2)cc1. The first kappa shape index (κ1) is 13.1. The Morgan fingerprint density at radius 3 is 1.27 bits per heavy atom. The number of rotatable bonds is 1. The van der Waals surface area contributed by atoms with Crippen LogP contribution in [0.4, 0.5) is 0 Å². The van der Waals surface area contributed by atoms with Crippen LogP contribution in [0.3, 0.4) is 0 Å². The first-order valence-corrected chi connectivity index (χ1v) is 7.69. The van der Waals surface area contributed by atoms with Crippen molar-refractivity contribution in [2.45, 2.75) is 7.44 Å². The summed E-state index contributed by atoms with van der Waals surface area (Å²) in [5, 5.41) is 0. The second-order valence-electron chi connectivity index (χ2n) is 3.44. The molecule has 0 heterocycles. The zero-order valence-corrected chi connectivity index (χ0v) is 12.6. The van der Waals surface area contributed by atoms with E-state index in [-0.39, 0.29) is 0 Å². The van der Waals surface area contributed by atoms with Crippen LogP contribution in [0.2, 0.25) is 0.515 Å². The minimum Gasteiger partial charge on any atom is -0.0622 e. The Morgan fingerprint density at radius 2 is 1.00 bits per heavy atom. The molecule has 0 fully saturated rings. The molecule has 15 heavy (non-hydrogen) atoms. The molecule has 0 amide bonds. The van der Waals surface area contributed by atoms with Gasteiger partial charge in [0.25, 0.3) is 0 Å². The minimum atomic E-state index is 1.10. The van der Waals surface area contributed by atoms with Crippen LogP contribution >= 0.6 is 0 Å². The summed E-state index contributed by atoms with van der Waals surface area (Å²) in [7, 11) is 0. The standard InChI is InChI=1S/C12H10.C2H5.K/c1-3-7-11(8-4-1)12-9-5-2-6-10-12;1-2;/h1-10H;1H2,2H3;. The summed E-state index contributed by atoms with van der Waals surface area (Å²) < 4.78 is 1.44. The molecule has 0 nitrogen and oxygen atoms in total. The number of hydrogen-bond donors (Lipinski definition) is 0. The van der Waals surface area contributed by atoms with Crippen LogP contribution in [0, 0.1) is 0 Å². The van der Waals surface area contributed by atoms with Crippen molar-refractivity contribution in [1.29, 1.82) is 0 Å². The maximum Gasteiger partial charge on any atom is -0.0184 e. The largest absolute Gasteiger partial charge is 0.0622 e. The average molecular weight is 222 g/mol. The van der Waals surface area contributed by atoms with Gasteiger partial charge in [0.2, 0.25) is 0 Å². The molecule has 0 bridgehead atoms. The van der Waals surface area contributed by atoms with E-state index in [4.69, 9.17) is 0 Å². The van der Waals surface area contributed by atoms with E-state index in [1.165, 1.54) is 11.6 Å². The van der Waals surface area contributed by atoms with Crippen molar-refractivity contribution in [1.82, 2.24) is 0 Å². The molecule has 0 saturated carbocycles. The maximum absolute atomic E-state index is 2.21. The zero-order valence-electron chi connectivity index (χ0n) is 9.48. The van der Waals surface area contributed by atoms with E-state index in [9.17, 15) is 0 Å². The van der Waals surface area contributed by atoms with Gasteiger partial charge in [0, 0.05) is 0 Å². The predicted molar refractivity (Wildman–Crippen MR) is 68.1 cm³/mol. The molecule has 1 heteroatoms. The molecule has 2 aromatic rings. The van der Waals surface area contributed by atoms with Gasteiger partial charge in [0.1, 0.15) is 0 Å². The molecule has 2 rings (SSSR count). The van der Waals surface area contributed by atoms with Crippen LogP contribution in [0.5, 0.6) is 0 Å². The summed E-state index contributed by atoms with van der Waals surface area (Å²) in [6.07, 6.45) is 0. The predicted octanol–water partition coefficient (Wildman–Crippen LogP) is 3.95. The van der Waals surface area contributed by atoms with Crippen LogP contribution in [0.1, 0.15) is 6.92 Å². The summed E-state index contributed by atoms with van der Waals surface area (Å²) in [4.78, 5) is 0. The third-order valence-electron chi connectivity index (χ3n) is 1.88. The van der Waals surface area contributed by atoms with Crippen molar-refractivity contribution in [3.63, 3.8) is 0 Å². The minimum absolute atomic E-state index is 1.10. The Hall–Kier alpha value is 0.0764. The fourth-order valence-corrected chi connectivity index (χ4v) is 1.26. The van der Waals surface area contributed by atoms with Gasteiger partial charge in [-0.3, -0.25) is 0 Å². The summed E-state index contributed by atoms with van der Waals surface area (Å²) in [5.41, 5.74) is 2.55. The molecule has 0 N–H and O–H groups in total. The quantitative estimate of drug-likeness (QED) is 0.641. The van der Waals surface area contributed by atoms with Crippen LogP contribution < -0.4 is 0 Å². The molecular formula is C14H15K. The van der Waals surface area contributed by atoms with Gasteiger partial charge in [-0.2, -0.15) is 0 Å². The van der Waals surface area contributed by atoms with Gasteiger partial charge in [0.05, 0.1) is 0 Å². The van der Waals surface area contributed by atoms with E-state index in [1.807, 2.05) is 12.1 Å². The van der Waals surface area contributed by atoms with E-state index in [0.29, 0.717) is 0 Å². The smallest absolute Gasteiger partial charge is 0.0184 e. The Kier molecular flexibility index (Phi) is 7.23. The Morgan fingerprint density at radius 1 is 0.733 bits per heavy atom. The van der Waals surface area contributed by atoms with Crippen LogP contribution in [0.25, 0.3) is 11.1 Å². The summed E-state index contributed by atoms with van der Waals surface area (Å²) >= 11 is 1.10. The fourth-order valence-electron chi connectivity index (χ4n) is 1.26. The first-order valence-electron chi connectivity index (χ1n) is 5.49. The third kappa shape index (κ3) is 5.09. The molecule has 0 aromatic heterocycles. The zero-order chi connectivity index (χ0) is 10.9. The van der Waals surface area contributed by atoms with Gasteiger partial charge < -0.3 is 0 Å². The molecule has 0 aliphatic carbocycles. The second-order valence-corrected chi connectivity index (χ2v) is 5.65. The van der Waals surface area contributed by atoms with Crippen molar-refractivity contribution in [3.05, 3.63) is 60.7 Å². The fraction of sp³-hybridized carbons (Fsp3) is 0.143. The molecule has 2 aromatic carbocycles. The molecule has 72 valence electrons. The third-order valence-corrected chi connectivity index (χ3v) is 1.88. The number of hydrogen-bond acceptors (Lipinski definition) is 0. The Balaban J connectivity index is 0.000000337. The summed E-state index contributed by atoms with van der Waals surface area (Å²) in [6, 6.07) is 20.8. The van der Waals surface area contributed by atoms with E-state index >= 15 is 0 Å². The van der Waals surface area contributed by atoms with Crippen LogP contribution in [-0.2, 0) is 0 Å². The van der Waals surface area contributed by atoms with Gasteiger partial charge in [-0.05, 0) is 11.1 Å². The normalized spacial score (nSPS) is 9.00. The van der Waals surface area contributed by atoms with Crippen LogP contribution in [0.15, 0.2) is 60.7 Å². The molecule has 0 radical (unpaired) electrons. The van der Waals surface area contributed by atoms with Gasteiger partial charge in [0.15, 0.2) is 0 Å². The second kappa shape index (κ2) is 8.25. The van der Waals surface area contributed by atoms with Crippen molar-refractivity contribution >= 4 is 49.0 Å². The summed E-state index contributed by atoms with van der Waals surface area (Å²) in [5.74, 6) is 0. The van der Waals surface area contributed by atoms with E-state index in [1.54, 1.807) is 0 Å². The average Bonchev–Trinajstić information content (AvgIpc) is 2.32. The van der Waals surface area contributed by atoms with Gasteiger partial charge in [-0.1, -0.05) is 60.7 Å². The van der Waals surface area contributed by atoms with Gasteiger partial charge >= 0.3 is 56.4 Å². The first-order chi connectivity index (χ1) is 7.38. The van der Waals surface area contributed by atoms with Crippen molar-refractivity contribution < 1.29 is 0 Å². The molecule has 0 unspecified atom stereocenters. The maximum atomic E-state index is 2.21. The molecule has 0 spiro atoms. The van der Waals surface area contributed by atoms with Crippen molar-refractivity contribution in [2.75, 3.05) is 0 Å². The summed E-state index contributed by atoms with van der Waals surface area (Å²) in [6.45, 7) is 2.21. The Bertz CT molecular complexity index is 316. The van der Waals surface area contributed by atoms with Crippen LogP contribution in [-0.4, -0.2) is 49.0 Å². The van der Waals surface area contributed by atoms with Gasteiger partial charge in [-0.25, -0.2) is 0 Å². The Labute approximate surface area is 126 Å². The molecule has 0 atom stereocenters. The van der Waals surface area contributed by atoms with E-state index < -0.39 is 0 Å². The van der Waals surface area contributed by atoms with E-state index in [0.717, 1.165) is 49.0 Å². The molecular weight excluding hydrogens is 207 g/mol. The van der Waals surface area contributed by atoms with Crippen molar-refractivity contribution in [2.24, 2.45) is 0 Å². The molecule has 0 aliphatic rings. The van der Waals surface area contributed by atoms with Gasteiger partial charge in [-0.15, -0.1) is 0 Å². The monoisotopic (exact) mass is 222 g/mol. The topological polar surface area (TPSA) is 0 Å². The van der Waals surface area contributed by atoms with E-state index in [2.05, 4.69) is 55.5 Å².